The smallest absolute Gasteiger partial charge is 0.258 e. The molecule has 4 rings (SSSR count). The van der Waals surface area contributed by atoms with Crippen molar-refractivity contribution in [2.75, 3.05) is 12.4 Å². The topological polar surface area (TPSA) is 81.9 Å². The summed E-state index contributed by atoms with van der Waals surface area (Å²) in [6.45, 7) is 3.95. The number of fused-ring (bicyclic) bond motifs is 1. The Bertz CT molecular complexity index is 1360. The first-order valence-corrected chi connectivity index (χ1v) is 10.1. The third kappa shape index (κ3) is 4.46. The van der Waals surface area contributed by atoms with E-state index in [1.807, 2.05) is 38.1 Å². The van der Waals surface area contributed by atoms with E-state index in [4.69, 9.17) is 9.47 Å². The highest BCUT2D eigenvalue weighted by Crippen LogP contribution is 2.24. The van der Waals surface area contributed by atoms with E-state index in [0.717, 1.165) is 11.1 Å². The molecule has 0 atom stereocenters. The Kier molecular flexibility index (Phi) is 5.89. The molecular formula is C25H23N3O4. The number of aromatic nitrogens is 2. The Balaban J connectivity index is 1.52. The molecule has 2 aromatic carbocycles. The van der Waals surface area contributed by atoms with Crippen LogP contribution in [-0.2, 0) is 6.61 Å². The number of carbonyl (C=O) groups is 1. The molecule has 0 saturated heterocycles. The Morgan fingerprint density at radius 3 is 2.69 bits per heavy atom. The first-order valence-electron chi connectivity index (χ1n) is 10.1. The Hall–Kier alpha value is -4.13. The second-order valence-electron chi connectivity index (χ2n) is 7.43. The van der Waals surface area contributed by atoms with Gasteiger partial charge in [-0.05, 0) is 55.3 Å². The van der Waals surface area contributed by atoms with Crippen molar-refractivity contribution in [1.82, 2.24) is 9.38 Å². The highest BCUT2D eigenvalue weighted by atomic mass is 16.5. The molecule has 2 heterocycles. The van der Waals surface area contributed by atoms with E-state index in [0.29, 0.717) is 34.1 Å². The molecule has 162 valence electrons. The second-order valence-corrected chi connectivity index (χ2v) is 7.43. The first kappa shape index (κ1) is 21.1. The van der Waals surface area contributed by atoms with E-state index in [-0.39, 0.29) is 18.1 Å². The number of nitrogens with one attached hydrogen (secondary N) is 1. The van der Waals surface area contributed by atoms with Gasteiger partial charge in [-0.25, -0.2) is 4.98 Å². The molecule has 7 nitrogen and oxygen atoms in total. The zero-order valence-corrected chi connectivity index (χ0v) is 18.1. The third-order valence-corrected chi connectivity index (χ3v) is 5.09. The minimum Gasteiger partial charge on any atom is -0.497 e. The maximum absolute atomic E-state index is 12.6. The summed E-state index contributed by atoms with van der Waals surface area (Å²) in [6, 6.07) is 17.6. The van der Waals surface area contributed by atoms with Gasteiger partial charge in [-0.3, -0.25) is 14.0 Å². The third-order valence-electron chi connectivity index (χ3n) is 5.09. The first-order chi connectivity index (χ1) is 15.4. The van der Waals surface area contributed by atoms with Gasteiger partial charge in [-0.2, -0.15) is 0 Å². The summed E-state index contributed by atoms with van der Waals surface area (Å²) in [5.74, 6) is 0.957. The number of amides is 1. The lowest BCUT2D eigenvalue weighted by atomic mass is 10.1. The van der Waals surface area contributed by atoms with Gasteiger partial charge < -0.3 is 14.8 Å². The average Bonchev–Trinajstić information content (AvgIpc) is 2.80. The molecule has 1 N–H and O–H groups in total. The van der Waals surface area contributed by atoms with Crippen molar-refractivity contribution < 1.29 is 14.3 Å². The molecule has 0 unspecified atom stereocenters. The molecule has 7 heteroatoms. The number of carbonyl (C=O) groups excluding carboxylic acids is 1. The fourth-order valence-electron chi connectivity index (χ4n) is 3.34. The number of rotatable bonds is 6. The van der Waals surface area contributed by atoms with Crippen LogP contribution in [0.15, 0.2) is 71.7 Å². The van der Waals surface area contributed by atoms with Crippen LogP contribution < -0.4 is 20.3 Å². The Morgan fingerprint density at radius 2 is 1.88 bits per heavy atom. The van der Waals surface area contributed by atoms with E-state index >= 15 is 0 Å². The van der Waals surface area contributed by atoms with E-state index in [9.17, 15) is 9.59 Å². The number of methoxy groups -OCH3 is 1. The van der Waals surface area contributed by atoms with Gasteiger partial charge in [0.05, 0.1) is 12.8 Å². The van der Waals surface area contributed by atoms with E-state index in [1.165, 1.54) is 10.5 Å². The van der Waals surface area contributed by atoms with Gasteiger partial charge >= 0.3 is 0 Å². The average molecular weight is 429 g/mol. The normalized spacial score (nSPS) is 10.7. The number of hydrogen-bond donors (Lipinski definition) is 1. The predicted octanol–water partition coefficient (Wildman–Crippen LogP) is 4.15. The maximum atomic E-state index is 12.6. The number of aryl methyl sites for hydroxylation is 2. The molecule has 0 aliphatic carbocycles. The SMILES string of the molecule is COc1cccc(C(=O)Nc2ccc(C)c(OCc3cc(=O)n4cccc(C)c4n3)c2)c1. The summed E-state index contributed by atoms with van der Waals surface area (Å²) in [6.07, 6.45) is 1.70. The van der Waals surface area contributed by atoms with Gasteiger partial charge in [-0.1, -0.05) is 18.2 Å². The van der Waals surface area contributed by atoms with Crippen molar-refractivity contribution in [3.63, 3.8) is 0 Å². The van der Waals surface area contributed by atoms with Crippen molar-refractivity contribution in [3.05, 3.63) is 99.6 Å². The molecule has 4 aromatic rings. The zero-order valence-electron chi connectivity index (χ0n) is 18.1. The highest BCUT2D eigenvalue weighted by molar-refractivity contribution is 6.04. The lowest BCUT2D eigenvalue weighted by Crippen LogP contribution is -2.17. The van der Waals surface area contributed by atoms with E-state index < -0.39 is 0 Å². The molecule has 0 bridgehead atoms. The fourth-order valence-corrected chi connectivity index (χ4v) is 3.34. The molecule has 0 fully saturated rings. The van der Waals surface area contributed by atoms with Gasteiger partial charge in [0.1, 0.15) is 23.8 Å². The number of pyridine rings is 1. The molecular weight excluding hydrogens is 406 g/mol. The molecule has 2 aromatic heterocycles. The Morgan fingerprint density at radius 1 is 1.03 bits per heavy atom. The van der Waals surface area contributed by atoms with Gasteiger partial charge in [0.25, 0.3) is 11.5 Å². The lowest BCUT2D eigenvalue weighted by molar-refractivity contribution is 0.102. The fraction of sp³-hybridized carbons (Fsp3) is 0.160. The van der Waals surface area contributed by atoms with Crippen LogP contribution in [0.5, 0.6) is 11.5 Å². The summed E-state index contributed by atoms with van der Waals surface area (Å²) in [7, 11) is 1.56. The van der Waals surface area contributed by atoms with Crippen LogP contribution in [0.4, 0.5) is 5.69 Å². The molecule has 0 aliphatic heterocycles. The highest BCUT2D eigenvalue weighted by Gasteiger charge is 2.10. The molecule has 0 saturated carbocycles. The van der Waals surface area contributed by atoms with Crippen molar-refractivity contribution in [1.29, 1.82) is 0 Å². The zero-order chi connectivity index (χ0) is 22.7. The maximum Gasteiger partial charge on any atom is 0.258 e. The monoisotopic (exact) mass is 429 g/mol. The van der Waals surface area contributed by atoms with E-state index in [2.05, 4.69) is 10.3 Å². The van der Waals surface area contributed by atoms with Crippen molar-refractivity contribution in [2.24, 2.45) is 0 Å². The molecule has 0 radical (unpaired) electrons. The van der Waals surface area contributed by atoms with Crippen molar-refractivity contribution >= 4 is 17.2 Å². The number of ether oxygens (including phenoxy) is 2. The minimum absolute atomic E-state index is 0.133. The summed E-state index contributed by atoms with van der Waals surface area (Å²) in [5, 5.41) is 2.87. The van der Waals surface area contributed by atoms with Gasteiger partial charge in [0.15, 0.2) is 0 Å². The second kappa shape index (κ2) is 8.93. The van der Waals surface area contributed by atoms with Crippen LogP contribution in [-0.4, -0.2) is 22.4 Å². The van der Waals surface area contributed by atoms with Crippen LogP contribution in [0.3, 0.4) is 0 Å². The summed E-state index contributed by atoms with van der Waals surface area (Å²) < 4.78 is 12.6. The number of anilines is 1. The van der Waals surface area contributed by atoms with E-state index in [1.54, 1.807) is 43.6 Å². The quantitative estimate of drug-likeness (QED) is 0.498. The largest absolute Gasteiger partial charge is 0.497 e. The summed E-state index contributed by atoms with van der Waals surface area (Å²) >= 11 is 0. The summed E-state index contributed by atoms with van der Waals surface area (Å²) in [5.41, 5.74) is 3.88. The molecule has 32 heavy (non-hydrogen) atoms. The summed E-state index contributed by atoms with van der Waals surface area (Å²) in [4.78, 5) is 29.6. The van der Waals surface area contributed by atoms with Gasteiger partial charge in [0, 0.05) is 29.6 Å². The molecule has 0 aliphatic rings. The van der Waals surface area contributed by atoms with Crippen LogP contribution in [0.2, 0.25) is 0 Å². The number of hydrogen-bond acceptors (Lipinski definition) is 5. The van der Waals surface area contributed by atoms with Crippen LogP contribution in [0.25, 0.3) is 5.65 Å². The Labute approximate surface area is 185 Å². The lowest BCUT2D eigenvalue weighted by Gasteiger charge is -2.12. The minimum atomic E-state index is -0.251. The number of nitrogens with zero attached hydrogens (tertiary/aromatic N) is 2. The van der Waals surface area contributed by atoms with Crippen molar-refractivity contribution in [3.8, 4) is 11.5 Å². The predicted molar refractivity (Wildman–Crippen MR) is 123 cm³/mol. The number of benzene rings is 2. The standard InChI is InChI=1S/C25H23N3O4/c1-16-9-10-19(27-25(30)18-7-4-8-21(12-18)31-3)13-22(16)32-15-20-14-23(29)28-11-5-6-17(2)24(28)26-20/h4-14H,15H2,1-3H3,(H,27,30). The molecule has 1 amide bonds. The van der Waals surface area contributed by atoms with Gasteiger partial charge in [0.2, 0.25) is 0 Å². The van der Waals surface area contributed by atoms with Crippen LogP contribution in [0, 0.1) is 13.8 Å². The van der Waals surface area contributed by atoms with Crippen LogP contribution in [0.1, 0.15) is 27.2 Å². The van der Waals surface area contributed by atoms with Crippen LogP contribution >= 0.6 is 0 Å². The molecule has 0 spiro atoms. The van der Waals surface area contributed by atoms with Gasteiger partial charge in [-0.15, -0.1) is 0 Å². The van der Waals surface area contributed by atoms with Crippen molar-refractivity contribution in [2.45, 2.75) is 20.5 Å².